The highest BCUT2D eigenvalue weighted by molar-refractivity contribution is 6.31. The molecule has 0 radical (unpaired) electrons. The van der Waals surface area contributed by atoms with Crippen LogP contribution >= 0.6 is 11.6 Å². The molecule has 1 aliphatic rings. The van der Waals surface area contributed by atoms with Crippen LogP contribution in [0.25, 0.3) is 5.70 Å². The van der Waals surface area contributed by atoms with Crippen LogP contribution in [0.3, 0.4) is 0 Å². The summed E-state index contributed by atoms with van der Waals surface area (Å²) in [6.45, 7) is 12.3. The summed E-state index contributed by atoms with van der Waals surface area (Å²) in [6.07, 6.45) is 5.69. The predicted octanol–water partition coefficient (Wildman–Crippen LogP) is 6.02. The van der Waals surface area contributed by atoms with Crippen molar-refractivity contribution in [3.05, 3.63) is 75.7 Å². The summed E-state index contributed by atoms with van der Waals surface area (Å²) in [5.41, 5.74) is 5.96. The SMILES string of the molecule is C=C/C(C#N)=C1/NC(c2ccc(CCC)c(Cl)c2)=C(C(C)C)/C(=C/C)N1C. The van der Waals surface area contributed by atoms with Crippen LogP contribution in [0.1, 0.15) is 45.2 Å². The number of allylic oxidation sites excluding steroid dienone is 4. The van der Waals surface area contributed by atoms with Crippen LogP contribution in [0, 0.1) is 17.2 Å². The molecule has 0 atom stereocenters. The fourth-order valence-electron chi connectivity index (χ4n) is 3.48. The Morgan fingerprint density at radius 1 is 1.41 bits per heavy atom. The maximum absolute atomic E-state index is 9.52. The number of nitriles is 1. The summed E-state index contributed by atoms with van der Waals surface area (Å²) in [5, 5.41) is 13.8. The minimum absolute atomic E-state index is 0.297. The molecule has 1 aromatic carbocycles. The van der Waals surface area contributed by atoms with E-state index in [1.807, 2.05) is 24.9 Å². The van der Waals surface area contributed by atoms with Crippen molar-refractivity contribution in [2.45, 2.75) is 40.5 Å². The molecule has 2 rings (SSSR count). The molecular weight excluding hydrogens is 354 g/mol. The average Bonchev–Trinajstić information content (AvgIpc) is 2.65. The van der Waals surface area contributed by atoms with Gasteiger partial charge in [-0.1, -0.05) is 63.6 Å². The molecule has 27 heavy (non-hydrogen) atoms. The third-order valence-electron chi connectivity index (χ3n) is 4.78. The maximum atomic E-state index is 9.52. The lowest BCUT2D eigenvalue weighted by Crippen LogP contribution is -2.36. The van der Waals surface area contributed by atoms with Crippen LogP contribution < -0.4 is 5.32 Å². The van der Waals surface area contributed by atoms with Crippen LogP contribution in [0.4, 0.5) is 0 Å². The van der Waals surface area contributed by atoms with Gasteiger partial charge in [0.2, 0.25) is 0 Å². The van der Waals surface area contributed by atoms with Crippen molar-refractivity contribution in [1.82, 2.24) is 10.2 Å². The molecule has 0 aromatic heterocycles. The van der Waals surface area contributed by atoms with Gasteiger partial charge >= 0.3 is 0 Å². The Morgan fingerprint density at radius 2 is 2.11 bits per heavy atom. The number of nitrogens with zero attached hydrogens (tertiary/aromatic N) is 2. The highest BCUT2D eigenvalue weighted by Gasteiger charge is 2.28. The third kappa shape index (κ3) is 4.12. The van der Waals surface area contributed by atoms with Crippen LogP contribution in [0.5, 0.6) is 0 Å². The Kier molecular flexibility index (Phi) is 6.93. The van der Waals surface area contributed by atoms with Gasteiger partial charge in [0.1, 0.15) is 11.9 Å². The summed E-state index contributed by atoms with van der Waals surface area (Å²) in [6, 6.07) is 8.46. The molecule has 0 saturated heterocycles. The van der Waals surface area contributed by atoms with Gasteiger partial charge in [-0.3, -0.25) is 0 Å². The largest absolute Gasteiger partial charge is 0.340 e. The molecule has 0 saturated carbocycles. The lowest BCUT2D eigenvalue weighted by molar-refractivity contribution is 0.466. The molecule has 1 N–H and O–H groups in total. The fourth-order valence-corrected chi connectivity index (χ4v) is 3.75. The Morgan fingerprint density at radius 3 is 2.59 bits per heavy atom. The lowest BCUT2D eigenvalue weighted by Gasteiger charge is -2.37. The smallest absolute Gasteiger partial charge is 0.128 e. The van der Waals surface area contributed by atoms with E-state index >= 15 is 0 Å². The number of aryl methyl sites for hydroxylation is 1. The highest BCUT2D eigenvalue weighted by atomic mass is 35.5. The predicted molar refractivity (Wildman–Crippen MR) is 115 cm³/mol. The Bertz CT molecular complexity index is 866. The van der Waals surface area contributed by atoms with Crippen molar-refractivity contribution in [1.29, 1.82) is 5.26 Å². The first-order valence-electron chi connectivity index (χ1n) is 9.36. The third-order valence-corrected chi connectivity index (χ3v) is 5.13. The van der Waals surface area contributed by atoms with E-state index in [9.17, 15) is 5.26 Å². The number of likely N-dealkylation sites (N-methyl/N-ethyl adjacent to an activating group) is 1. The van der Waals surface area contributed by atoms with Gasteiger partial charge in [0.15, 0.2) is 0 Å². The molecular formula is C23H28ClN3. The fraction of sp³-hybridized carbons (Fsp3) is 0.348. The summed E-state index contributed by atoms with van der Waals surface area (Å²) >= 11 is 6.55. The molecule has 1 aliphatic heterocycles. The van der Waals surface area contributed by atoms with Gasteiger partial charge in [-0.25, -0.2) is 0 Å². The van der Waals surface area contributed by atoms with Crippen molar-refractivity contribution < 1.29 is 0 Å². The maximum Gasteiger partial charge on any atom is 0.128 e. The molecule has 142 valence electrons. The summed E-state index contributed by atoms with van der Waals surface area (Å²) in [7, 11) is 1.97. The molecule has 0 bridgehead atoms. The molecule has 0 unspecified atom stereocenters. The summed E-state index contributed by atoms with van der Waals surface area (Å²) in [5.74, 6) is 1.03. The van der Waals surface area contributed by atoms with Crippen molar-refractivity contribution in [2.75, 3.05) is 7.05 Å². The van der Waals surface area contributed by atoms with E-state index in [4.69, 9.17) is 11.6 Å². The molecule has 1 heterocycles. The zero-order valence-electron chi connectivity index (χ0n) is 16.9. The highest BCUT2D eigenvalue weighted by Crippen LogP contribution is 2.37. The van der Waals surface area contributed by atoms with Crippen LogP contribution in [0.2, 0.25) is 5.02 Å². The van der Waals surface area contributed by atoms with E-state index in [0.717, 1.165) is 46.2 Å². The van der Waals surface area contributed by atoms with E-state index in [-0.39, 0.29) is 0 Å². The average molecular weight is 382 g/mol. The van der Waals surface area contributed by atoms with E-state index in [2.05, 4.69) is 56.9 Å². The van der Waals surface area contributed by atoms with Crippen molar-refractivity contribution in [3.8, 4) is 6.07 Å². The molecule has 4 heteroatoms. The first-order valence-corrected chi connectivity index (χ1v) is 9.74. The topological polar surface area (TPSA) is 39.1 Å². The van der Waals surface area contributed by atoms with Crippen LogP contribution in [-0.4, -0.2) is 11.9 Å². The second kappa shape index (κ2) is 8.97. The van der Waals surface area contributed by atoms with Crippen molar-refractivity contribution in [3.63, 3.8) is 0 Å². The van der Waals surface area contributed by atoms with Gasteiger partial charge < -0.3 is 10.2 Å². The van der Waals surface area contributed by atoms with Gasteiger partial charge in [-0.2, -0.15) is 5.26 Å². The zero-order chi connectivity index (χ0) is 20.1. The van der Waals surface area contributed by atoms with Crippen LogP contribution in [-0.2, 0) is 6.42 Å². The van der Waals surface area contributed by atoms with Crippen LogP contribution in [0.15, 0.2) is 59.6 Å². The first-order chi connectivity index (χ1) is 12.9. The van der Waals surface area contributed by atoms with Gasteiger partial charge in [0, 0.05) is 23.3 Å². The van der Waals surface area contributed by atoms with E-state index in [1.165, 1.54) is 5.57 Å². The number of hydrogen-bond donors (Lipinski definition) is 1. The minimum atomic E-state index is 0.297. The van der Waals surface area contributed by atoms with E-state index in [1.54, 1.807) is 6.08 Å². The summed E-state index contributed by atoms with van der Waals surface area (Å²) in [4.78, 5) is 2.02. The van der Waals surface area contributed by atoms with E-state index in [0.29, 0.717) is 11.5 Å². The molecule has 3 nitrogen and oxygen atoms in total. The van der Waals surface area contributed by atoms with Crippen molar-refractivity contribution >= 4 is 17.3 Å². The first kappa shape index (κ1) is 20.9. The Labute approximate surface area is 168 Å². The zero-order valence-corrected chi connectivity index (χ0v) is 17.6. The number of benzene rings is 1. The number of nitrogens with one attached hydrogen (secondary N) is 1. The molecule has 0 spiro atoms. The van der Waals surface area contributed by atoms with Gasteiger partial charge in [-0.15, -0.1) is 0 Å². The second-order valence-corrected chi connectivity index (χ2v) is 7.34. The number of rotatable bonds is 5. The molecule has 0 amide bonds. The molecule has 1 aromatic rings. The van der Waals surface area contributed by atoms with Gasteiger partial charge in [0.25, 0.3) is 0 Å². The van der Waals surface area contributed by atoms with Gasteiger partial charge in [0.05, 0.1) is 11.3 Å². The quantitative estimate of drug-likeness (QED) is 0.634. The monoisotopic (exact) mass is 381 g/mol. The Hall–Kier alpha value is -2.44. The lowest BCUT2D eigenvalue weighted by atomic mass is 9.90. The van der Waals surface area contributed by atoms with E-state index < -0.39 is 0 Å². The second-order valence-electron chi connectivity index (χ2n) is 6.94. The number of hydrogen-bond acceptors (Lipinski definition) is 3. The van der Waals surface area contributed by atoms with Crippen molar-refractivity contribution in [2.24, 2.45) is 5.92 Å². The summed E-state index contributed by atoms with van der Waals surface area (Å²) < 4.78 is 0. The standard InChI is InChI=1S/C23H28ClN3/c1-7-10-17-11-12-18(13-19(17)24)22-21(15(4)5)20(9-3)27(6)23(26-22)16(8-2)14-25/h8-9,11-13,15,26H,2,7,10H2,1,3-6H3/b20-9-,23-16+. The Balaban J connectivity index is 2.74. The molecule has 0 fully saturated rings. The number of halogens is 1. The van der Waals surface area contributed by atoms with Gasteiger partial charge in [-0.05, 0) is 42.5 Å². The normalized spacial score (nSPS) is 17.9. The minimum Gasteiger partial charge on any atom is -0.340 e. The molecule has 0 aliphatic carbocycles.